The molecule has 0 aliphatic carbocycles. The van der Waals surface area contributed by atoms with Crippen molar-refractivity contribution in [1.29, 1.82) is 0 Å². The molecule has 2 N–H and O–H groups in total. The molecule has 4 nitrogen and oxygen atoms in total. The minimum atomic E-state index is -4.35. The van der Waals surface area contributed by atoms with Gasteiger partial charge in [0.25, 0.3) is 5.91 Å². The first-order valence-corrected chi connectivity index (χ1v) is 7.31. The number of nitrogens with two attached hydrogens (primary N) is 1. The molecular formula is C15H19ClF4N2O2. The van der Waals surface area contributed by atoms with Crippen LogP contribution in [0.5, 0.6) is 5.75 Å². The molecule has 1 aromatic rings. The number of benzene rings is 1. The van der Waals surface area contributed by atoms with Crippen molar-refractivity contribution < 1.29 is 27.1 Å². The van der Waals surface area contributed by atoms with Gasteiger partial charge in [-0.1, -0.05) is 0 Å². The van der Waals surface area contributed by atoms with Gasteiger partial charge in [-0.25, -0.2) is 4.39 Å². The van der Waals surface area contributed by atoms with Crippen molar-refractivity contribution in [2.24, 2.45) is 11.7 Å². The number of carbonyl (C=O) groups excluding carboxylic acids is 1. The Morgan fingerprint density at radius 3 is 2.71 bits per heavy atom. The van der Waals surface area contributed by atoms with E-state index in [1.807, 2.05) is 0 Å². The van der Waals surface area contributed by atoms with Crippen LogP contribution >= 0.6 is 12.4 Å². The van der Waals surface area contributed by atoms with Crippen LogP contribution in [0.4, 0.5) is 17.6 Å². The maximum absolute atomic E-state index is 13.4. The molecule has 24 heavy (non-hydrogen) atoms. The number of nitrogens with zero attached hydrogens (tertiary/aromatic N) is 1. The maximum Gasteiger partial charge on any atom is 0.393 e. The molecule has 1 heterocycles. The average Bonchev–Trinajstić information content (AvgIpc) is 2.52. The van der Waals surface area contributed by atoms with Crippen molar-refractivity contribution in [2.45, 2.75) is 19.0 Å². The van der Waals surface area contributed by atoms with Gasteiger partial charge in [-0.05, 0) is 31.0 Å². The molecule has 1 aromatic carbocycles. The second-order valence-corrected chi connectivity index (χ2v) is 5.41. The molecule has 1 saturated heterocycles. The van der Waals surface area contributed by atoms with Crippen molar-refractivity contribution in [3.05, 3.63) is 29.6 Å². The zero-order chi connectivity index (χ0) is 17.0. The summed E-state index contributed by atoms with van der Waals surface area (Å²) in [5, 5.41) is 0. The minimum Gasteiger partial charge on any atom is -0.491 e. The van der Waals surface area contributed by atoms with Crippen molar-refractivity contribution in [3.63, 3.8) is 0 Å². The number of amides is 1. The van der Waals surface area contributed by atoms with E-state index in [9.17, 15) is 22.4 Å². The molecule has 0 spiro atoms. The summed E-state index contributed by atoms with van der Waals surface area (Å²) in [6, 6.07) is 3.38. The molecule has 136 valence electrons. The number of carbonyl (C=O) groups is 1. The van der Waals surface area contributed by atoms with E-state index < -0.39 is 30.4 Å². The Kier molecular flexibility index (Phi) is 7.28. The summed E-state index contributed by atoms with van der Waals surface area (Å²) in [4.78, 5) is 13.6. The lowest BCUT2D eigenvalue weighted by Gasteiger charge is -2.34. The molecule has 0 bridgehead atoms. The van der Waals surface area contributed by atoms with E-state index in [2.05, 4.69) is 0 Å². The molecular weight excluding hydrogens is 352 g/mol. The van der Waals surface area contributed by atoms with Gasteiger partial charge < -0.3 is 15.4 Å². The SMILES string of the molecule is Cl.NCCOc1ccc(F)cc1C(=O)N1CCCC(C(F)(F)F)C1. The summed E-state index contributed by atoms with van der Waals surface area (Å²) in [5.74, 6) is -2.75. The standard InChI is InChI=1S/C15H18F4N2O2.ClH/c16-11-3-4-13(23-7-5-20)12(8-11)14(22)21-6-1-2-10(9-21)15(17,18)19;/h3-4,8,10H,1-2,5-7,9,20H2;1H. The lowest BCUT2D eigenvalue weighted by atomic mass is 9.97. The van der Waals surface area contributed by atoms with Gasteiger partial charge in [0.1, 0.15) is 18.2 Å². The third kappa shape index (κ3) is 4.98. The van der Waals surface area contributed by atoms with Crippen molar-refractivity contribution >= 4 is 18.3 Å². The van der Waals surface area contributed by atoms with Gasteiger partial charge in [0.05, 0.1) is 11.5 Å². The highest BCUT2D eigenvalue weighted by atomic mass is 35.5. The van der Waals surface area contributed by atoms with Gasteiger partial charge in [-0.2, -0.15) is 13.2 Å². The fourth-order valence-electron chi connectivity index (χ4n) is 2.56. The van der Waals surface area contributed by atoms with Gasteiger partial charge in [-0.3, -0.25) is 4.79 Å². The van der Waals surface area contributed by atoms with Crippen LogP contribution in [0.15, 0.2) is 18.2 Å². The number of likely N-dealkylation sites (tertiary alicyclic amines) is 1. The van der Waals surface area contributed by atoms with Crippen molar-refractivity contribution in [3.8, 4) is 5.75 Å². The predicted molar refractivity (Wildman–Crippen MR) is 82.9 cm³/mol. The van der Waals surface area contributed by atoms with Crippen LogP contribution in [0.1, 0.15) is 23.2 Å². The number of hydrogen-bond donors (Lipinski definition) is 1. The highest BCUT2D eigenvalue weighted by molar-refractivity contribution is 5.97. The molecule has 1 aliphatic heterocycles. The number of alkyl halides is 3. The third-order valence-corrected chi connectivity index (χ3v) is 3.72. The minimum absolute atomic E-state index is 0. The Bertz CT molecular complexity index is 569. The summed E-state index contributed by atoms with van der Waals surface area (Å²) >= 11 is 0. The van der Waals surface area contributed by atoms with Crippen LogP contribution in [-0.2, 0) is 0 Å². The average molecular weight is 371 g/mol. The summed E-state index contributed by atoms with van der Waals surface area (Å²) in [5.41, 5.74) is 5.24. The first-order valence-electron chi connectivity index (χ1n) is 7.31. The smallest absolute Gasteiger partial charge is 0.393 e. The molecule has 1 unspecified atom stereocenters. The monoisotopic (exact) mass is 370 g/mol. The van der Waals surface area contributed by atoms with E-state index in [1.165, 1.54) is 6.07 Å². The molecule has 2 rings (SSSR count). The first-order chi connectivity index (χ1) is 10.8. The normalized spacial score (nSPS) is 18.0. The Morgan fingerprint density at radius 1 is 1.38 bits per heavy atom. The predicted octanol–water partition coefficient (Wildman–Crippen LogP) is 3.00. The number of halogens is 5. The third-order valence-electron chi connectivity index (χ3n) is 3.72. The lowest BCUT2D eigenvalue weighted by Crippen LogP contribution is -2.44. The lowest BCUT2D eigenvalue weighted by molar-refractivity contribution is -0.184. The Morgan fingerprint density at radius 2 is 2.08 bits per heavy atom. The zero-order valence-electron chi connectivity index (χ0n) is 12.8. The fraction of sp³-hybridized carbons (Fsp3) is 0.533. The highest BCUT2D eigenvalue weighted by Gasteiger charge is 2.43. The molecule has 1 aliphatic rings. The molecule has 0 aromatic heterocycles. The van der Waals surface area contributed by atoms with Crippen LogP contribution < -0.4 is 10.5 Å². The summed E-state index contributed by atoms with van der Waals surface area (Å²) < 4.78 is 57.3. The number of ether oxygens (including phenoxy) is 1. The van der Waals surface area contributed by atoms with Crippen molar-refractivity contribution in [2.75, 3.05) is 26.2 Å². The topological polar surface area (TPSA) is 55.6 Å². The van der Waals surface area contributed by atoms with Crippen LogP contribution in [0.2, 0.25) is 0 Å². The molecule has 9 heteroatoms. The van der Waals surface area contributed by atoms with E-state index in [-0.39, 0.29) is 56.3 Å². The van der Waals surface area contributed by atoms with E-state index in [1.54, 1.807) is 0 Å². The molecule has 0 saturated carbocycles. The first kappa shape index (κ1) is 20.5. The van der Waals surface area contributed by atoms with E-state index in [4.69, 9.17) is 10.5 Å². The number of rotatable bonds is 4. The molecule has 0 radical (unpaired) electrons. The zero-order valence-corrected chi connectivity index (χ0v) is 13.6. The quantitative estimate of drug-likeness (QED) is 0.829. The second kappa shape index (κ2) is 8.53. The molecule has 1 atom stereocenters. The second-order valence-electron chi connectivity index (χ2n) is 5.41. The van der Waals surface area contributed by atoms with Crippen molar-refractivity contribution in [1.82, 2.24) is 4.90 Å². The Labute approximate surface area is 143 Å². The van der Waals surface area contributed by atoms with Gasteiger partial charge >= 0.3 is 6.18 Å². The van der Waals surface area contributed by atoms with Gasteiger partial charge in [0.2, 0.25) is 0 Å². The van der Waals surface area contributed by atoms with E-state index in [0.717, 1.165) is 17.0 Å². The van der Waals surface area contributed by atoms with Crippen LogP contribution in [0, 0.1) is 11.7 Å². The van der Waals surface area contributed by atoms with E-state index in [0.29, 0.717) is 0 Å². The number of hydrogen-bond acceptors (Lipinski definition) is 3. The van der Waals surface area contributed by atoms with E-state index >= 15 is 0 Å². The molecule has 1 fully saturated rings. The largest absolute Gasteiger partial charge is 0.491 e. The molecule has 1 amide bonds. The van der Waals surface area contributed by atoms with Crippen LogP contribution in [0.3, 0.4) is 0 Å². The number of piperidine rings is 1. The van der Waals surface area contributed by atoms with Gasteiger partial charge in [0.15, 0.2) is 0 Å². The highest BCUT2D eigenvalue weighted by Crippen LogP contribution is 2.34. The summed E-state index contributed by atoms with van der Waals surface area (Å²) in [6.07, 6.45) is -4.10. The van der Waals surface area contributed by atoms with Crippen LogP contribution in [0.25, 0.3) is 0 Å². The van der Waals surface area contributed by atoms with Gasteiger partial charge in [0, 0.05) is 19.6 Å². The van der Waals surface area contributed by atoms with Crippen LogP contribution in [-0.4, -0.2) is 43.2 Å². The Balaban J connectivity index is 0.00000288. The Hall–Kier alpha value is -1.54. The fourth-order valence-corrected chi connectivity index (χ4v) is 2.56. The summed E-state index contributed by atoms with van der Waals surface area (Å²) in [6.45, 7) is 0.107. The summed E-state index contributed by atoms with van der Waals surface area (Å²) in [7, 11) is 0. The maximum atomic E-state index is 13.4. The van der Waals surface area contributed by atoms with Gasteiger partial charge in [-0.15, -0.1) is 12.4 Å².